The first-order valence-electron chi connectivity index (χ1n) is 11.9. The van der Waals surface area contributed by atoms with Gasteiger partial charge in [-0.25, -0.2) is 23.9 Å². The van der Waals surface area contributed by atoms with Crippen molar-refractivity contribution in [2.24, 2.45) is 0 Å². The largest absolute Gasteiger partial charge is 0.495 e. The van der Waals surface area contributed by atoms with Crippen LogP contribution < -0.4 is 15.4 Å². The summed E-state index contributed by atoms with van der Waals surface area (Å²) in [7, 11) is 1.44. The zero-order valence-corrected chi connectivity index (χ0v) is 22.7. The minimum Gasteiger partial charge on any atom is -0.495 e. The molecule has 2 N–H and O–H groups in total. The lowest BCUT2D eigenvalue weighted by molar-refractivity contribution is 0.0235. The summed E-state index contributed by atoms with van der Waals surface area (Å²) in [5, 5.41) is 14.3. The quantitative estimate of drug-likeness (QED) is 0.361. The minimum absolute atomic E-state index is 0.117. The fourth-order valence-corrected chi connectivity index (χ4v) is 3.70. The lowest BCUT2D eigenvalue weighted by Crippen LogP contribution is -2.37. The molecule has 0 saturated carbocycles. The number of urea groups is 1. The molecule has 12 heteroatoms. The van der Waals surface area contributed by atoms with Gasteiger partial charge in [-0.2, -0.15) is 5.26 Å². The number of halogens is 2. The summed E-state index contributed by atoms with van der Waals surface area (Å²) in [5.41, 5.74) is 0.975. The fraction of sp³-hybridized carbons (Fsp3) is 0.296. The third-order valence-corrected chi connectivity index (χ3v) is 5.54. The summed E-state index contributed by atoms with van der Waals surface area (Å²) < 4.78 is 24.7. The van der Waals surface area contributed by atoms with Crippen LogP contribution in [0.1, 0.15) is 37.6 Å². The van der Waals surface area contributed by atoms with Gasteiger partial charge in [-0.15, -0.1) is 0 Å². The first kappa shape index (κ1) is 29.1. The second-order valence-electron chi connectivity index (χ2n) is 9.40. The number of nitrogens with zero attached hydrogens (tertiary/aromatic N) is 4. The lowest BCUT2D eigenvalue weighted by Gasteiger charge is -2.28. The van der Waals surface area contributed by atoms with E-state index in [0.29, 0.717) is 34.0 Å². The molecule has 0 radical (unpaired) electrons. The number of methoxy groups -OCH3 is 1. The highest BCUT2D eigenvalue weighted by molar-refractivity contribution is 6.31. The number of nitrogens with one attached hydrogen (secondary N) is 2. The third-order valence-electron chi connectivity index (χ3n) is 5.19. The predicted molar refractivity (Wildman–Crippen MR) is 144 cm³/mol. The second-order valence-corrected chi connectivity index (χ2v) is 9.81. The van der Waals surface area contributed by atoms with Gasteiger partial charge in [0.2, 0.25) is 0 Å². The van der Waals surface area contributed by atoms with E-state index >= 15 is 0 Å². The fourth-order valence-electron chi connectivity index (χ4n) is 3.45. The highest BCUT2D eigenvalue weighted by Crippen LogP contribution is 2.32. The number of carbonyl (C=O) groups excluding carboxylic acids is 2. The second kappa shape index (κ2) is 12.9. The summed E-state index contributed by atoms with van der Waals surface area (Å²) in [6.45, 7) is 5.66. The van der Waals surface area contributed by atoms with Crippen molar-refractivity contribution >= 4 is 35.2 Å². The number of rotatable bonds is 8. The van der Waals surface area contributed by atoms with Gasteiger partial charge in [-0.05, 0) is 62.6 Å². The normalized spacial score (nSPS) is 10.8. The first-order valence-corrected chi connectivity index (χ1v) is 12.2. The molecule has 3 aromatic rings. The minimum atomic E-state index is -0.713. The van der Waals surface area contributed by atoms with E-state index in [4.69, 9.17) is 26.3 Å². The molecule has 0 fully saturated rings. The maximum absolute atomic E-state index is 13.7. The van der Waals surface area contributed by atoms with Crippen LogP contribution in [0, 0.1) is 17.1 Å². The molecular weight excluding hydrogens is 527 g/mol. The maximum atomic E-state index is 13.7. The molecule has 0 aliphatic rings. The van der Waals surface area contributed by atoms with Crippen LogP contribution in [0.2, 0.25) is 5.02 Å². The van der Waals surface area contributed by atoms with E-state index < -0.39 is 23.5 Å². The van der Waals surface area contributed by atoms with Gasteiger partial charge in [0.05, 0.1) is 25.2 Å². The molecule has 0 aliphatic carbocycles. The highest BCUT2D eigenvalue weighted by Gasteiger charge is 2.23. The first-order chi connectivity index (χ1) is 18.5. The number of carbonyl (C=O) groups is 2. The summed E-state index contributed by atoms with van der Waals surface area (Å²) in [6, 6.07) is 10.4. The van der Waals surface area contributed by atoms with Crippen molar-refractivity contribution in [2.45, 2.75) is 39.3 Å². The number of hydrogen-bond acceptors (Lipinski definition) is 7. The lowest BCUT2D eigenvalue weighted by atomic mass is 10.1. The molecule has 2 aromatic carbocycles. The summed E-state index contributed by atoms with van der Waals surface area (Å²) in [4.78, 5) is 34.6. The molecule has 1 aromatic heterocycles. The molecule has 0 saturated heterocycles. The number of hydrogen-bond donors (Lipinski definition) is 2. The van der Waals surface area contributed by atoms with Crippen molar-refractivity contribution < 1.29 is 23.5 Å². The third kappa shape index (κ3) is 8.83. The molecule has 0 spiro atoms. The van der Waals surface area contributed by atoms with Crippen molar-refractivity contribution in [1.82, 2.24) is 14.9 Å². The summed E-state index contributed by atoms with van der Waals surface area (Å²) >= 11 is 6.52. The molecule has 3 rings (SSSR count). The van der Waals surface area contributed by atoms with E-state index in [1.165, 1.54) is 42.6 Å². The SMILES string of the molecule is COc1cc(CCN(Cc2cccc(F)c2)C(=O)OC(C)(C)C)c(Cl)cc1NC(=O)Nc1cnc(C#N)cn1. The molecule has 3 amide bonds. The molecule has 10 nitrogen and oxygen atoms in total. The van der Waals surface area contributed by atoms with Crippen LogP contribution in [0.5, 0.6) is 5.75 Å². The molecule has 1 heterocycles. The Kier molecular flexibility index (Phi) is 9.62. The Morgan fingerprint density at radius 2 is 1.92 bits per heavy atom. The van der Waals surface area contributed by atoms with Crippen LogP contribution in [0.25, 0.3) is 0 Å². The Morgan fingerprint density at radius 3 is 2.54 bits per heavy atom. The number of aromatic nitrogens is 2. The van der Waals surface area contributed by atoms with E-state index in [9.17, 15) is 14.0 Å². The van der Waals surface area contributed by atoms with Crippen LogP contribution >= 0.6 is 11.6 Å². The molecule has 0 atom stereocenters. The van der Waals surface area contributed by atoms with Crippen LogP contribution in [0.15, 0.2) is 48.8 Å². The van der Waals surface area contributed by atoms with E-state index in [0.717, 1.165) is 0 Å². The van der Waals surface area contributed by atoms with Gasteiger partial charge in [0, 0.05) is 18.1 Å². The van der Waals surface area contributed by atoms with Crippen LogP contribution in [0.3, 0.4) is 0 Å². The monoisotopic (exact) mass is 554 g/mol. The zero-order valence-electron chi connectivity index (χ0n) is 21.9. The topological polar surface area (TPSA) is 129 Å². The van der Waals surface area contributed by atoms with Gasteiger partial charge in [0.25, 0.3) is 0 Å². The van der Waals surface area contributed by atoms with E-state index in [1.54, 1.807) is 39.0 Å². The van der Waals surface area contributed by atoms with Gasteiger partial charge in [-0.3, -0.25) is 5.32 Å². The van der Waals surface area contributed by atoms with E-state index in [-0.39, 0.29) is 24.6 Å². The Labute approximate surface area is 230 Å². The number of benzene rings is 2. The smallest absolute Gasteiger partial charge is 0.410 e. The van der Waals surface area contributed by atoms with Crippen molar-refractivity contribution in [3.05, 3.63) is 76.5 Å². The number of amides is 3. The zero-order chi connectivity index (χ0) is 28.6. The van der Waals surface area contributed by atoms with Crippen molar-refractivity contribution in [1.29, 1.82) is 5.26 Å². The van der Waals surface area contributed by atoms with Crippen molar-refractivity contribution in [3.8, 4) is 11.8 Å². The van der Waals surface area contributed by atoms with Crippen LogP contribution in [0.4, 0.5) is 25.5 Å². The van der Waals surface area contributed by atoms with Gasteiger partial charge in [-0.1, -0.05) is 23.7 Å². The molecule has 204 valence electrons. The number of ether oxygens (including phenoxy) is 2. The Morgan fingerprint density at radius 1 is 1.15 bits per heavy atom. The maximum Gasteiger partial charge on any atom is 0.410 e. The highest BCUT2D eigenvalue weighted by atomic mass is 35.5. The summed E-state index contributed by atoms with van der Waals surface area (Å²) in [6.07, 6.45) is 2.27. The van der Waals surface area contributed by atoms with Gasteiger partial charge in [0.1, 0.15) is 23.2 Å². The van der Waals surface area contributed by atoms with Gasteiger partial charge >= 0.3 is 12.1 Å². The average Bonchev–Trinajstić information content (AvgIpc) is 2.86. The molecule has 0 aliphatic heterocycles. The molecule has 0 bridgehead atoms. The van der Waals surface area contributed by atoms with Gasteiger partial charge < -0.3 is 19.7 Å². The predicted octanol–water partition coefficient (Wildman–Crippen LogP) is 5.77. The number of anilines is 2. The van der Waals surface area contributed by atoms with Crippen LogP contribution in [-0.4, -0.2) is 46.2 Å². The Hall–Kier alpha value is -4.43. The Bertz CT molecular complexity index is 1370. The average molecular weight is 555 g/mol. The molecule has 0 unspecified atom stereocenters. The van der Waals surface area contributed by atoms with Crippen molar-refractivity contribution in [3.63, 3.8) is 0 Å². The summed E-state index contributed by atoms with van der Waals surface area (Å²) in [5.74, 6) is 0.0842. The van der Waals surface area contributed by atoms with Crippen LogP contribution in [-0.2, 0) is 17.7 Å². The molecule has 39 heavy (non-hydrogen) atoms. The standard InChI is InChI=1S/C27H28ClFN6O4/c1-27(2,3)39-26(37)35(16-17-6-5-7-19(29)10-17)9-8-18-11-23(38-4)22(12-21(18)28)33-25(36)34-24-15-31-20(13-30)14-32-24/h5-7,10-12,14-15H,8-9,16H2,1-4H3,(H2,32,33,34,36). The van der Waals surface area contributed by atoms with E-state index in [1.807, 2.05) is 6.07 Å². The molecular formula is C27H28ClFN6O4. The van der Waals surface area contributed by atoms with E-state index in [2.05, 4.69) is 20.6 Å². The van der Waals surface area contributed by atoms with Crippen molar-refractivity contribution in [2.75, 3.05) is 24.3 Å². The Balaban J connectivity index is 1.74. The number of nitriles is 1. The van der Waals surface area contributed by atoms with Gasteiger partial charge in [0.15, 0.2) is 11.5 Å².